The van der Waals surface area contributed by atoms with Crippen molar-refractivity contribution in [3.8, 4) is 22.6 Å². The first-order valence-corrected chi connectivity index (χ1v) is 6.32. The van der Waals surface area contributed by atoms with Gasteiger partial charge in [-0.3, -0.25) is 5.10 Å². The van der Waals surface area contributed by atoms with Gasteiger partial charge in [-0.05, 0) is 12.1 Å². The van der Waals surface area contributed by atoms with Crippen LogP contribution < -0.4 is 0 Å². The summed E-state index contributed by atoms with van der Waals surface area (Å²) in [6, 6.07) is 13.9. The van der Waals surface area contributed by atoms with Gasteiger partial charge < -0.3 is 4.98 Å². The van der Waals surface area contributed by atoms with Gasteiger partial charge in [0.25, 0.3) is 0 Å². The van der Waals surface area contributed by atoms with E-state index in [2.05, 4.69) is 25.1 Å². The molecule has 0 aliphatic carbocycles. The zero-order chi connectivity index (χ0) is 13.4. The van der Waals surface area contributed by atoms with Gasteiger partial charge in [0.1, 0.15) is 11.5 Å². The van der Waals surface area contributed by atoms with Crippen LogP contribution in [0.5, 0.6) is 0 Å². The molecule has 0 aliphatic rings. The largest absolute Gasteiger partial charge is 0.336 e. The maximum Gasteiger partial charge on any atom is 0.178 e. The number of pyridine rings is 1. The molecule has 0 bridgehead atoms. The fourth-order valence-electron chi connectivity index (χ4n) is 2.26. The first kappa shape index (κ1) is 10.9. The van der Waals surface area contributed by atoms with Crippen molar-refractivity contribution in [2.24, 2.45) is 0 Å². The van der Waals surface area contributed by atoms with E-state index in [0.717, 1.165) is 28.2 Å². The predicted molar refractivity (Wildman–Crippen MR) is 76.9 cm³/mol. The van der Waals surface area contributed by atoms with Crippen molar-refractivity contribution in [1.29, 1.82) is 0 Å². The van der Waals surface area contributed by atoms with E-state index in [1.807, 2.05) is 48.7 Å². The summed E-state index contributed by atoms with van der Waals surface area (Å²) in [4.78, 5) is 12.0. The maximum absolute atomic E-state index is 4.51. The third-order valence-corrected chi connectivity index (χ3v) is 3.20. The molecule has 5 heteroatoms. The minimum Gasteiger partial charge on any atom is -0.336 e. The third-order valence-electron chi connectivity index (χ3n) is 3.20. The van der Waals surface area contributed by atoms with Gasteiger partial charge in [-0.1, -0.05) is 30.3 Å². The van der Waals surface area contributed by atoms with Crippen LogP contribution >= 0.6 is 0 Å². The second kappa shape index (κ2) is 4.31. The number of nitrogens with one attached hydrogen (secondary N) is 2. The van der Waals surface area contributed by atoms with Crippen LogP contribution in [0.15, 0.2) is 54.9 Å². The first-order valence-electron chi connectivity index (χ1n) is 6.32. The molecule has 2 N–H and O–H groups in total. The topological polar surface area (TPSA) is 70.2 Å². The quantitative estimate of drug-likeness (QED) is 0.582. The van der Waals surface area contributed by atoms with E-state index < -0.39 is 0 Å². The van der Waals surface area contributed by atoms with Crippen LogP contribution in [0.2, 0.25) is 0 Å². The number of benzene rings is 1. The predicted octanol–water partition coefficient (Wildman–Crippen LogP) is 3.02. The Hall–Kier alpha value is -2.95. The molecular weight excluding hydrogens is 250 g/mol. The molecule has 20 heavy (non-hydrogen) atoms. The highest BCUT2D eigenvalue weighted by molar-refractivity contribution is 5.82. The summed E-state index contributed by atoms with van der Waals surface area (Å²) in [6.07, 6.45) is 3.58. The number of hydrogen-bond donors (Lipinski definition) is 2. The molecule has 0 atom stereocenters. The summed E-state index contributed by atoms with van der Waals surface area (Å²) in [6.45, 7) is 0. The number of fused-ring (bicyclic) bond motifs is 1. The van der Waals surface area contributed by atoms with E-state index in [4.69, 9.17) is 0 Å². The Morgan fingerprint density at radius 1 is 0.950 bits per heavy atom. The Labute approximate surface area is 114 Å². The zero-order valence-electron chi connectivity index (χ0n) is 10.5. The molecule has 3 aromatic heterocycles. The van der Waals surface area contributed by atoms with Crippen molar-refractivity contribution >= 4 is 11.2 Å². The standard InChI is InChI=1S/C15H11N5/c1-2-5-10(6-3-1)13-11(9-17-20-13)14-18-12-7-4-8-16-15(12)19-14/h1-9H,(H,17,20)(H,16,18,19). The Balaban J connectivity index is 1.89. The lowest BCUT2D eigenvalue weighted by Gasteiger charge is -1.99. The summed E-state index contributed by atoms with van der Waals surface area (Å²) in [5, 5.41) is 7.24. The second-order valence-corrected chi connectivity index (χ2v) is 4.47. The Kier molecular flexibility index (Phi) is 2.35. The van der Waals surface area contributed by atoms with Crippen LogP contribution in [-0.4, -0.2) is 25.1 Å². The third kappa shape index (κ3) is 1.68. The van der Waals surface area contributed by atoms with Gasteiger partial charge in [0.05, 0.1) is 11.1 Å². The van der Waals surface area contributed by atoms with E-state index in [-0.39, 0.29) is 0 Å². The average molecular weight is 261 g/mol. The fourth-order valence-corrected chi connectivity index (χ4v) is 2.26. The highest BCUT2D eigenvalue weighted by Gasteiger charge is 2.13. The van der Waals surface area contributed by atoms with Crippen LogP contribution in [0, 0.1) is 0 Å². The molecule has 5 nitrogen and oxygen atoms in total. The SMILES string of the molecule is c1ccc(-c2n[nH]cc2-c2nc3ncccc3[nH]2)cc1. The van der Waals surface area contributed by atoms with Crippen molar-refractivity contribution in [1.82, 2.24) is 25.1 Å². The van der Waals surface area contributed by atoms with Crippen molar-refractivity contribution in [2.75, 3.05) is 0 Å². The van der Waals surface area contributed by atoms with Gasteiger partial charge in [0, 0.05) is 18.0 Å². The highest BCUT2D eigenvalue weighted by Crippen LogP contribution is 2.28. The minimum atomic E-state index is 0.711. The molecular formula is C15H11N5. The highest BCUT2D eigenvalue weighted by atomic mass is 15.1. The van der Waals surface area contributed by atoms with Crippen molar-refractivity contribution in [3.63, 3.8) is 0 Å². The Morgan fingerprint density at radius 2 is 1.85 bits per heavy atom. The molecule has 4 aromatic rings. The monoisotopic (exact) mass is 261 g/mol. The Bertz CT molecular complexity index is 827. The summed E-state index contributed by atoms with van der Waals surface area (Å²) in [7, 11) is 0. The summed E-state index contributed by atoms with van der Waals surface area (Å²) in [5.41, 5.74) is 4.50. The lowest BCUT2D eigenvalue weighted by Crippen LogP contribution is -1.84. The number of hydrogen-bond acceptors (Lipinski definition) is 3. The molecule has 0 radical (unpaired) electrons. The molecule has 0 saturated heterocycles. The van der Waals surface area contributed by atoms with E-state index in [0.29, 0.717) is 5.65 Å². The van der Waals surface area contributed by atoms with Crippen LogP contribution in [0.3, 0.4) is 0 Å². The summed E-state index contributed by atoms with van der Waals surface area (Å²) < 4.78 is 0. The number of nitrogens with zero attached hydrogens (tertiary/aromatic N) is 3. The van der Waals surface area contributed by atoms with Crippen molar-refractivity contribution in [3.05, 3.63) is 54.9 Å². The van der Waals surface area contributed by atoms with Crippen LogP contribution in [0.4, 0.5) is 0 Å². The minimum absolute atomic E-state index is 0.711. The lowest BCUT2D eigenvalue weighted by molar-refractivity contribution is 1.10. The van der Waals surface area contributed by atoms with E-state index >= 15 is 0 Å². The van der Waals surface area contributed by atoms with Gasteiger partial charge in [0.2, 0.25) is 0 Å². The number of rotatable bonds is 2. The number of aromatic amines is 2. The van der Waals surface area contributed by atoms with Gasteiger partial charge in [-0.15, -0.1) is 0 Å². The number of imidazole rings is 1. The summed E-state index contributed by atoms with van der Waals surface area (Å²) in [5.74, 6) is 0.770. The van der Waals surface area contributed by atoms with Crippen molar-refractivity contribution in [2.45, 2.75) is 0 Å². The molecule has 3 heterocycles. The van der Waals surface area contributed by atoms with E-state index in [1.165, 1.54) is 0 Å². The van der Waals surface area contributed by atoms with E-state index in [1.54, 1.807) is 6.20 Å². The molecule has 0 spiro atoms. The van der Waals surface area contributed by atoms with Crippen LogP contribution in [0.1, 0.15) is 0 Å². The molecule has 0 saturated carbocycles. The Morgan fingerprint density at radius 3 is 2.70 bits per heavy atom. The number of H-pyrrole nitrogens is 2. The lowest BCUT2D eigenvalue weighted by atomic mass is 10.1. The van der Waals surface area contributed by atoms with Crippen LogP contribution in [-0.2, 0) is 0 Å². The summed E-state index contributed by atoms with van der Waals surface area (Å²) >= 11 is 0. The molecule has 0 amide bonds. The van der Waals surface area contributed by atoms with Crippen molar-refractivity contribution < 1.29 is 0 Å². The molecule has 0 fully saturated rings. The van der Waals surface area contributed by atoms with Gasteiger partial charge in [-0.2, -0.15) is 5.10 Å². The second-order valence-electron chi connectivity index (χ2n) is 4.47. The smallest absolute Gasteiger partial charge is 0.178 e. The normalized spacial score (nSPS) is 11.0. The molecule has 1 aromatic carbocycles. The maximum atomic E-state index is 4.51. The van der Waals surface area contributed by atoms with E-state index in [9.17, 15) is 0 Å². The average Bonchev–Trinajstić information content (AvgIpc) is 3.14. The fraction of sp³-hybridized carbons (Fsp3) is 0. The first-order chi connectivity index (χ1) is 9.92. The van der Waals surface area contributed by atoms with Gasteiger partial charge in [-0.25, -0.2) is 9.97 Å². The van der Waals surface area contributed by atoms with Gasteiger partial charge in [0.15, 0.2) is 5.65 Å². The molecule has 0 aliphatic heterocycles. The number of aromatic nitrogens is 5. The van der Waals surface area contributed by atoms with Gasteiger partial charge >= 0.3 is 0 Å². The molecule has 0 unspecified atom stereocenters. The molecule has 96 valence electrons. The van der Waals surface area contributed by atoms with Crippen LogP contribution in [0.25, 0.3) is 33.8 Å². The molecule has 4 rings (SSSR count). The zero-order valence-corrected chi connectivity index (χ0v) is 10.5.